The summed E-state index contributed by atoms with van der Waals surface area (Å²) in [6.07, 6.45) is 14.4. The minimum Gasteiger partial charge on any atom is -0.374 e. The molecule has 0 spiro atoms. The van der Waals surface area contributed by atoms with Gasteiger partial charge in [-0.1, -0.05) is 63.1 Å². The summed E-state index contributed by atoms with van der Waals surface area (Å²) in [6.45, 7) is 20.3. The molecule has 2 aliphatic heterocycles. The van der Waals surface area contributed by atoms with E-state index >= 15 is 0 Å². The summed E-state index contributed by atoms with van der Waals surface area (Å²) < 4.78 is 0. The number of hydrogen-bond donors (Lipinski definition) is 0. The number of piperidine rings is 1. The summed E-state index contributed by atoms with van der Waals surface area (Å²) >= 11 is 0. The Hall–Kier alpha value is -1.58. The number of allylic oxidation sites excluding steroid dienone is 1. The quantitative estimate of drug-likeness (QED) is 0.421. The Labute approximate surface area is 203 Å². The Morgan fingerprint density at radius 1 is 0.909 bits per heavy atom. The average Bonchev–Trinajstić information content (AvgIpc) is 2.86. The largest absolute Gasteiger partial charge is 0.374 e. The van der Waals surface area contributed by atoms with E-state index in [2.05, 4.69) is 65.1 Å². The molecule has 3 fully saturated rings. The molecular weight excluding hydrogens is 402 g/mol. The Morgan fingerprint density at radius 2 is 1.55 bits per heavy atom. The molecular formula is C30H47N3. The van der Waals surface area contributed by atoms with E-state index in [9.17, 15) is 0 Å². The second-order valence-corrected chi connectivity index (χ2v) is 11.2. The molecule has 1 aromatic rings. The van der Waals surface area contributed by atoms with E-state index in [1.54, 1.807) is 0 Å². The monoisotopic (exact) mass is 449 g/mol. The maximum atomic E-state index is 4.40. The summed E-state index contributed by atoms with van der Waals surface area (Å²) in [5.74, 6) is 0.792. The lowest BCUT2D eigenvalue weighted by atomic mass is 9.67. The Morgan fingerprint density at radius 3 is 2.24 bits per heavy atom. The third kappa shape index (κ3) is 6.73. The third-order valence-corrected chi connectivity index (χ3v) is 8.66. The fourth-order valence-corrected chi connectivity index (χ4v) is 6.35. The van der Waals surface area contributed by atoms with Crippen LogP contribution in [0.25, 0.3) is 0 Å². The first-order valence-electron chi connectivity index (χ1n) is 13.6. The van der Waals surface area contributed by atoms with Gasteiger partial charge < -0.3 is 4.90 Å². The van der Waals surface area contributed by atoms with E-state index in [4.69, 9.17) is 0 Å². The molecule has 1 aliphatic carbocycles. The molecule has 182 valence electrons. The summed E-state index contributed by atoms with van der Waals surface area (Å²) in [6, 6.07) is 9.39. The molecule has 0 amide bonds. The van der Waals surface area contributed by atoms with Crippen molar-refractivity contribution in [2.45, 2.75) is 71.3 Å². The number of piperazine rings is 1. The summed E-state index contributed by atoms with van der Waals surface area (Å²) in [5.41, 5.74) is 4.51. The number of likely N-dealkylation sites (tertiary alicyclic amines) is 1. The molecule has 0 aromatic heterocycles. The van der Waals surface area contributed by atoms with Gasteiger partial charge in [-0.2, -0.15) is 0 Å². The zero-order chi connectivity index (χ0) is 23.1. The summed E-state index contributed by atoms with van der Waals surface area (Å²) in [7, 11) is 0. The minimum atomic E-state index is 0.224. The molecule has 0 bridgehead atoms. The van der Waals surface area contributed by atoms with Crippen molar-refractivity contribution in [1.29, 1.82) is 0 Å². The maximum absolute atomic E-state index is 4.40. The van der Waals surface area contributed by atoms with Gasteiger partial charge in [0.05, 0.1) is 0 Å². The lowest BCUT2D eigenvalue weighted by molar-refractivity contribution is 0.125. The second kappa shape index (κ2) is 11.7. The van der Waals surface area contributed by atoms with Gasteiger partial charge in [-0.15, -0.1) is 6.58 Å². The summed E-state index contributed by atoms with van der Waals surface area (Å²) in [5, 5.41) is 0. The SMILES string of the molecule is C=CC(C)(Cc1cccc(CN2CCN(CC(=C)N3CCCCC3)CC2)c1)C1CCCCC1. The number of nitrogens with zero attached hydrogens (tertiary/aromatic N) is 3. The Kier molecular flexibility index (Phi) is 8.71. The molecule has 1 saturated carbocycles. The standard InChI is InChI=1S/C30H47N3/c1-4-30(3,29-14-7-5-8-15-29)23-27-12-11-13-28(22-27)25-32-20-18-31(19-21-32)24-26(2)33-16-9-6-10-17-33/h4,11-13,22,29H,1-2,5-10,14-21,23-25H2,3H3. The van der Waals surface area contributed by atoms with E-state index in [1.807, 2.05) is 0 Å². The van der Waals surface area contributed by atoms with Gasteiger partial charge in [0.25, 0.3) is 0 Å². The van der Waals surface area contributed by atoms with Crippen molar-refractivity contribution in [3.05, 3.63) is 60.3 Å². The van der Waals surface area contributed by atoms with E-state index in [1.165, 1.54) is 81.3 Å². The van der Waals surface area contributed by atoms with Gasteiger partial charge in [0.1, 0.15) is 0 Å². The first-order chi connectivity index (χ1) is 16.1. The molecule has 3 aliphatic rings. The predicted molar refractivity (Wildman–Crippen MR) is 141 cm³/mol. The van der Waals surface area contributed by atoms with Gasteiger partial charge in [-0.05, 0) is 61.0 Å². The molecule has 1 atom stereocenters. The van der Waals surface area contributed by atoms with Crippen LogP contribution in [0.2, 0.25) is 0 Å². The van der Waals surface area contributed by atoms with Crippen molar-refractivity contribution in [1.82, 2.24) is 14.7 Å². The van der Waals surface area contributed by atoms with Crippen LogP contribution in [0.3, 0.4) is 0 Å². The molecule has 2 heterocycles. The highest BCUT2D eigenvalue weighted by Crippen LogP contribution is 2.41. The van der Waals surface area contributed by atoms with Crippen molar-refractivity contribution in [2.75, 3.05) is 45.8 Å². The van der Waals surface area contributed by atoms with Gasteiger partial charge in [-0.25, -0.2) is 0 Å². The van der Waals surface area contributed by atoms with E-state index in [-0.39, 0.29) is 5.41 Å². The van der Waals surface area contributed by atoms with Crippen LogP contribution in [0.15, 0.2) is 49.2 Å². The minimum absolute atomic E-state index is 0.224. The van der Waals surface area contributed by atoms with Crippen LogP contribution in [0.1, 0.15) is 69.4 Å². The van der Waals surface area contributed by atoms with Crippen LogP contribution in [0.5, 0.6) is 0 Å². The molecule has 1 aromatic carbocycles. The van der Waals surface area contributed by atoms with Crippen LogP contribution in [-0.2, 0) is 13.0 Å². The van der Waals surface area contributed by atoms with Crippen molar-refractivity contribution in [3.8, 4) is 0 Å². The molecule has 1 unspecified atom stereocenters. The lowest BCUT2D eigenvalue weighted by Gasteiger charge is -2.38. The van der Waals surface area contributed by atoms with Crippen LogP contribution in [0.4, 0.5) is 0 Å². The maximum Gasteiger partial charge on any atom is 0.0378 e. The van der Waals surface area contributed by atoms with Crippen LogP contribution in [0, 0.1) is 11.3 Å². The van der Waals surface area contributed by atoms with Crippen molar-refractivity contribution in [2.24, 2.45) is 11.3 Å². The van der Waals surface area contributed by atoms with Crippen LogP contribution < -0.4 is 0 Å². The Balaban J connectivity index is 1.26. The van der Waals surface area contributed by atoms with Gasteiger partial charge in [0.2, 0.25) is 0 Å². The molecule has 4 rings (SSSR count). The topological polar surface area (TPSA) is 9.72 Å². The van der Waals surface area contributed by atoms with E-state index in [0.29, 0.717) is 0 Å². The van der Waals surface area contributed by atoms with Gasteiger partial charge in [0, 0.05) is 58.1 Å². The number of hydrogen-bond acceptors (Lipinski definition) is 3. The molecule has 3 nitrogen and oxygen atoms in total. The Bertz CT molecular complexity index is 767. The predicted octanol–water partition coefficient (Wildman–Crippen LogP) is 6.12. The highest BCUT2D eigenvalue weighted by molar-refractivity contribution is 5.26. The van der Waals surface area contributed by atoms with E-state index in [0.717, 1.165) is 51.6 Å². The zero-order valence-corrected chi connectivity index (χ0v) is 21.2. The first kappa shape index (κ1) is 24.5. The van der Waals surface area contributed by atoms with Gasteiger partial charge >= 0.3 is 0 Å². The number of rotatable bonds is 9. The molecule has 33 heavy (non-hydrogen) atoms. The van der Waals surface area contributed by atoms with Crippen molar-refractivity contribution >= 4 is 0 Å². The fourth-order valence-electron chi connectivity index (χ4n) is 6.35. The normalized spacial score (nSPS) is 23.2. The van der Waals surface area contributed by atoms with Gasteiger partial charge in [0.15, 0.2) is 0 Å². The second-order valence-electron chi connectivity index (χ2n) is 11.2. The molecule has 3 heteroatoms. The highest BCUT2D eigenvalue weighted by Gasteiger charge is 2.32. The van der Waals surface area contributed by atoms with Crippen LogP contribution >= 0.6 is 0 Å². The lowest BCUT2D eigenvalue weighted by Crippen LogP contribution is -2.47. The first-order valence-corrected chi connectivity index (χ1v) is 13.6. The third-order valence-electron chi connectivity index (χ3n) is 8.66. The average molecular weight is 450 g/mol. The van der Waals surface area contributed by atoms with Crippen LogP contribution in [-0.4, -0.2) is 60.5 Å². The van der Waals surface area contributed by atoms with E-state index < -0.39 is 0 Å². The number of benzene rings is 1. The molecule has 0 radical (unpaired) electrons. The zero-order valence-electron chi connectivity index (χ0n) is 21.2. The van der Waals surface area contributed by atoms with Gasteiger partial charge in [-0.3, -0.25) is 9.80 Å². The van der Waals surface area contributed by atoms with Crippen molar-refractivity contribution < 1.29 is 0 Å². The smallest absolute Gasteiger partial charge is 0.0378 e. The molecule has 0 N–H and O–H groups in total. The summed E-state index contributed by atoms with van der Waals surface area (Å²) in [4.78, 5) is 7.75. The fraction of sp³-hybridized carbons (Fsp3) is 0.667. The van der Waals surface area contributed by atoms with Crippen molar-refractivity contribution in [3.63, 3.8) is 0 Å². The highest BCUT2D eigenvalue weighted by atomic mass is 15.3. The molecule has 2 saturated heterocycles.